The Balaban J connectivity index is 2.62. The lowest BCUT2D eigenvalue weighted by molar-refractivity contribution is 1.71. The molecule has 0 saturated carbocycles. The summed E-state index contributed by atoms with van der Waals surface area (Å²) in [4.78, 5) is 0. The molecule has 0 amide bonds. The van der Waals surface area contributed by atoms with Crippen LogP contribution in [0.1, 0.15) is 5.56 Å². The van der Waals surface area contributed by atoms with E-state index >= 15 is 0 Å². The van der Waals surface area contributed by atoms with Gasteiger partial charge in [-0.3, -0.25) is 0 Å². The van der Waals surface area contributed by atoms with E-state index < -0.39 is 0 Å². The summed E-state index contributed by atoms with van der Waals surface area (Å²) in [5, 5.41) is 2.60. The van der Waals surface area contributed by atoms with E-state index in [1.165, 1.54) is 16.3 Å². The topological polar surface area (TPSA) is 0 Å². The van der Waals surface area contributed by atoms with Crippen LogP contribution in [0.15, 0.2) is 46.5 Å². The molecule has 0 heterocycles. The number of benzene rings is 2. The highest BCUT2D eigenvalue weighted by Crippen LogP contribution is 2.16. The van der Waals surface area contributed by atoms with Crippen molar-refractivity contribution in [3.8, 4) is 0 Å². The summed E-state index contributed by atoms with van der Waals surface area (Å²) in [5.74, 6) is 0. The second kappa shape index (κ2) is 3.92. The van der Waals surface area contributed by atoms with Crippen LogP contribution in [0.3, 0.4) is 0 Å². The first-order chi connectivity index (χ1) is 6.40. The third-order valence-corrected chi connectivity index (χ3v) is 2.39. The molecule has 0 radical (unpaired) electrons. The molecule has 0 aliphatic heterocycles. The van der Waals surface area contributed by atoms with Crippen LogP contribution in [-0.2, 0) is 0 Å². The standard InChI is InChI=1S/C12H9I/c13-8-7-10-5-6-11-3-1-2-4-12(11)9-10/h1-9H/b8-7+. The van der Waals surface area contributed by atoms with E-state index in [-0.39, 0.29) is 0 Å². The van der Waals surface area contributed by atoms with Crippen molar-refractivity contribution in [3.05, 3.63) is 52.1 Å². The van der Waals surface area contributed by atoms with Crippen molar-refractivity contribution >= 4 is 39.4 Å². The van der Waals surface area contributed by atoms with Gasteiger partial charge in [-0.15, -0.1) is 0 Å². The fourth-order valence-corrected chi connectivity index (χ4v) is 1.80. The fourth-order valence-electron chi connectivity index (χ4n) is 1.38. The Morgan fingerprint density at radius 2 is 1.69 bits per heavy atom. The number of hydrogen-bond donors (Lipinski definition) is 0. The van der Waals surface area contributed by atoms with E-state index in [4.69, 9.17) is 0 Å². The van der Waals surface area contributed by atoms with Crippen LogP contribution in [0.4, 0.5) is 0 Å². The van der Waals surface area contributed by atoms with E-state index in [0.717, 1.165) is 0 Å². The number of fused-ring (bicyclic) bond motifs is 1. The Morgan fingerprint density at radius 1 is 0.923 bits per heavy atom. The van der Waals surface area contributed by atoms with Gasteiger partial charge in [0, 0.05) is 0 Å². The van der Waals surface area contributed by atoms with E-state index in [1.807, 2.05) is 4.08 Å². The van der Waals surface area contributed by atoms with Gasteiger partial charge in [-0.05, 0) is 32.6 Å². The minimum atomic E-state index is 1.26. The molecule has 64 valence electrons. The number of hydrogen-bond acceptors (Lipinski definition) is 0. The van der Waals surface area contributed by atoms with Gasteiger partial charge in [0.25, 0.3) is 0 Å². The molecule has 13 heavy (non-hydrogen) atoms. The van der Waals surface area contributed by atoms with Crippen LogP contribution >= 0.6 is 22.6 Å². The second-order valence-electron chi connectivity index (χ2n) is 2.90. The molecule has 2 aromatic rings. The predicted octanol–water partition coefficient (Wildman–Crippen LogP) is 4.25. The van der Waals surface area contributed by atoms with Gasteiger partial charge in [0.2, 0.25) is 0 Å². The predicted molar refractivity (Wildman–Crippen MR) is 67.0 cm³/mol. The van der Waals surface area contributed by atoms with E-state index in [1.54, 1.807) is 0 Å². The van der Waals surface area contributed by atoms with Gasteiger partial charge in [-0.2, -0.15) is 0 Å². The molecule has 0 nitrogen and oxygen atoms in total. The van der Waals surface area contributed by atoms with Gasteiger partial charge < -0.3 is 0 Å². The molecule has 0 unspecified atom stereocenters. The second-order valence-corrected chi connectivity index (χ2v) is 3.62. The minimum Gasteiger partial charge on any atom is -0.0616 e. The van der Waals surface area contributed by atoms with Crippen molar-refractivity contribution in [2.45, 2.75) is 0 Å². The molecule has 0 atom stereocenters. The molecule has 0 bridgehead atoms. The summed E-state index contributed by atoms with van der Waals surface area (Å²) in [7, 11) is 0. The summed E-state index contributed by atoms with van der Waals surface area (Å²) in [6, 6.07) is 14.9. The molecule has 0 fully saturated rings. The van der Waals surface area contributed by atoms with Crippen LogP contribution in [0.5, 0.6) is 0 Å². The largest absolute Gasteiger partial charge is 0.0616 e. The number of rotatable bonds is 1. The molecule has 0 N–H and O–H groups in total. The smallest absolute Gasteiger partial charge is 0.0178 e. The first kappa shape index (κ1) is 8.75. The highest BCUT2D eigenvalue weighted by Gasteiger charge is 1.91. The average Bonchev–Trinajstić information content (AvgIpc) is 2.18. The summed E-state index contributed by atoms with van der Waals surface area (Å²) >= 11 is 2.23. The summed E-state index contributed by atoms with van der Waals surface area (Å²) in [6.07, 6.45) is 2.10. The Morgan fingerprint density at radius 3 is 2.46 bits per heavy atom. The van der Waals surface area contributed by atoms with Crippen molar-refractivity contribution in [3.63, 3.8) is 0 Å². The SMILES string of the molecule is I/C=C/c1ccc2ccccc2c1. The Labute approximate surface area is 91.4 Å². The molecule has 0 aliphatic carbocycles. The van der Waals surface area contributed by atoms with Crippen LogP contribution in [0.2, 0.25) is 0 Å². The monoisotopic (exact) mass is 280 g/mol. The molecular weight excluding hydrogens is 271 g/mol. The third-order valence-electron chi connectivity index (χ3n) is 2.03. The molecule has 2 aromatic carbocycles. The van der Waals surface area contributed by atoms with Crippen molar-refractivity contribution in [2.24, 2.45) is 0 Å². The molecule has 0 saturated heterocycles. The lowest BCUT2D eigenvalue weighted by atomic mass is 10.1. The maximum Gasteiger partial charge on any atom is -0.0178 e. The molecule has 0 aromatic heterocycles. The summed E-state index contributed by atoms with van der Waals surface area (Å²) in [6.45, 7) is 0. The maximum absolute atomic E-state index is 2.23. The highest BCUT2D eigenvalue weighted by molar-refractivity contribution is 14.1. The van der Waals surface area contributed by atoms with Gasteiger partial charge >= 0.3 is 0 Å². The lowest BCUT2D eigenvalue weighted by Crippen LogP contribution is -1.73. The molecule has 2 rings (SSSR count). The highest BCUT2D eigenvalue weighted by atomic mass is 127. The van der Waals surface area contributed by atoms with Crippen molar-refractivity contribution in [2.75, 3.05) is 0 Å². The minimum absolute atomic E-state index is 1.26. The van der Waals surface area contributed by atoms with E-state index in [9.17, 15) is 0 Å². The lowest BCUT2D eigenvalue weighted by Gasteiger charge is -1.98. The Hall–Kier alpha value is -0.830. The summed E-state index contributed by atoms with van der Waals surface area (Å²) < 4.78 is 2.03. The molecule has 0 aliphatic rings. The van der Waals surface area contributed by atoms with Crippen LogP contribution in [0, 0.1) is 0 Å². The third kappa shape index (κ3) is 1.91. The van der Waals surface area contributed by atoms with Crippen molar-refractivity contribution in [1.29, 1.82) is 0 Å². The fraction of sp³-hybridized carbons (Fsp3) is 0. The average molecular weight is 280 g/mol. The molecule has 0 spiro atoms. The van der Waals surface area contributed by atoms with Gasteiger partial charge in [0.15, 0.2) is 0 Å². The first-order valence-electron chi connectivity index (χ1n) is 4.16. The summed E-state index contributed by atoms with van der Waals surface area (Å²) in [5.41, 5.74) is 1.26. The van der Waals surface area contributed by atoms with Gasteiger partial charge in [-0.1, -0.05) is 59.0 Å². The van der Waals surface area contributed by atoms with E-state index in [0.29, 0.717) is 0 Å². The van der Waals surface area contributed by atoms with Gasteiger partial charge in [-0.25, -0.2) is 0 Å². The number of halogens is 1. The zero-order valence-corrected chi connectivity index (χ0v) is 9.23. The maximum atomic E-state index is 2.23. The van der Waals surface area contributed by atoms with Crippen molar-refractivity contribution in [1.82, 2.24) is 0 Å². The quantitative estimate of drug-likeness (QED) is 0.685. The zero-order chi connectivity index (χ0) is 9.10. The van der Waals surface area contributed by atoms with Crippen LogP contribution in [-0.4, -0.2) is 0 Å². The van der Waals surface area contributed by atoms with Gasteiger partial charge in [0.1, 0.15) is 0 Å². The van der Waals surface area contributed by atoms with Crippen LogP contribution in [0.25, 0.3) is 16.8 Å². The van der Waals surface area contributed by atoms with E-state index in [2.05, 4.69) is 71.1 Å². The van der Waals surface area contributed by atoms with Crippen LogP contribution < -0.4 is 0 Å². The molecular formula is C12H9I. The van der Waals surface area contributed by atoms with Gasteiger partial charge in [0.05, 0.1) is 0 Å². The zero-order valence-electron chi connectivity index (χ0n) is 7.07. The normalized spacial score (nSPS) is 11.2. The first-order valence-corrected chi connectivity index (χ1v) is 5.40. The Bertz CT molecular complexity index is 444. The van der Waals surface area contributed by atoms with Crippen molar-refractivity contribution < 1.29 is 0 Å². The Kier molecular flexibility index (Phi) is 2.64. The molecule has 1 heteroatoms.